The molecule has 1 aromatic heterocycles. The van der Waals surface area contributed by atoms with Crippen LogP contribution in [0.25, 0.3) is 11.3 Å². The number of carbonyl (C=O) groups excluding carboxylic acids is 1. The van der Waals surface area contributed by atoms with Crippen molar-refractivity contribution in [2.75, 3.05) is 10.8 Å². The number of nitrogens with zero attached hydrogens (tertiary/aromatic N) is 2. The maximum atomic E-state index is 13.3. The highest BCUT2D eigenvalue weighted by molar-refractivity contribution is 7.92. The van der Waals surface area contributed by atoms with Crippen molar-refractivity contribution in [1.29, 1.82) is 0 Å². The molecule has 184 valence electrons. The molecule has 0 bridgehead atoms. The van der Waals surface area contributed by atoms with Gasteiger partial charge in [-0.1, -0.05) is 53.5 Å². The maximum absolute atomic E-state index is 13.3. The lowest BCUT2D eigenvalue weighted by molar-refractivity contribution is -0.119. The second-order valence-corrected chi connectivity index (χ2v) is 10.5. The zero-order valence-corrected chi connectivity index (χ0v) is 21.4. The SMILES string of the molecule is Cc1cccc(N(CC(=O)N/N=C\c2ccc(-c3ccc(Cl)cc3Cl)o2)S(=O)(=O)c2ccccc2)c1. The predicted molar refractivity (Wildman–Crippen MR) is 142 cm³/mol. The molecule has 4 rings (SSSR count). The fourth-order valence-corrected chi connectivity index (χ4v) is 5.34. The van der Waals surface area contributed by atoms with Gasteiger partial charge in [-0.15, -0.1) is 0 Å². The molecule has 4 aromatic rings. The fraction of sp³-hybridized carbons (Fsp3) is 0.0769. The first-order valence-corrected chi connectivity index (χ1v) is 13.0. The van der Waals surface area contributed by atoms with Crippen LogP contribution in [0.3, 0.4) is 0 Å². The quantitative estimate of drug-likeness (QED) is 0.222. The Morgan fingerprint density at radius 3 is 2.50 bits per heavy atom. The molecule has 1 amide bonds. The van der Waals surface area contributed by atoms with Crippen molar-refractivity contribution in [2.45, 2.75) is 11.8 Å². The van der Waals surface area contributed by atoms with E-state index in [1.54, 1.807) is 66.7 Å². The number of aryl methyl sites for hydroxylation is 1. The first-order chi connectivity index (χ1) is 17.2. The van der Waals surface area contributed by atoms with Gasteiger partial charge in [-0.2, -0.15) is 5.10 Å². The fourth-order valence-electron chi connectivity index (χ4n) is 3.41. The molecule has 0 spiro atoms. The van der Waals surface area contributed by atoms with Gasteiger partial charge in [0.25, 0.3) is 15.9 Å². The summed E-state index contributed by atoms with van der Waals surface area (Å²) >= 11 is 12.2. The maximum Gasteiger partial charge on any atom is 0.264 e. The van der Waals surface area contributed by atoms with Gasteiger partial charge in [0, 0.05) is 10.6 Å². The second-order valence-electron chi connectivity index (χ2n) is 7.78. The Morgan fingerprint density at radius 2 is 1.78 bits per heavy atom. The van der Waals surface area contributed by atoms with Crippen LogP contribution in [0.5, 0.6) is 0 Å². The summed E-state index contributed by atoms with van der Waals surface area (Å²) in [6.45, 7) is 1.37. The molecule has 0 saturated heterocycles. The molecular formula is C26H21Cl2N3O4S. The third-order valence-corrected chi connectivity index (χ3v) is 7.45. The number of hydrazone groups is 1. The van der Waals surface area contributed by atoms with Crippen molar-refractivity contribution in [3.63, 3.8) is 0 Å². The molecule has 7 nitrogen and oxygen atoms in total. The van der Waals surface area contributed by atoms with Crippen molar-refractivity contribution < 1.29 is 17.6 Å². The molecule has 3 aromatic carbocycles. The number of furan rings is 1. The van der Waals surface area contributed by atoms with Crippen LogP contribution in [0.4, 0.5) is 5.69 Å². The van der Waals surface area contributed by atoms with Crippen LogP contribution in [0, 0.1) is 6.92 Å². The van der Waals surface area contributed by atoms with Crippen molar-refractivity contribution >= 4 is 51.0 Å². The Hall–Kier alpha value is -3.59. The molecule has 0 fully saturated rings. The van der Waals surface area contributed by atoms with Gasteiger partial charge in [0.05, 0.1) is 21.8 Å². The van der Waals surface area contributed by atoms with Gasteiger partial charge < -0.3 is 4.42 Å². The lowest BCUT2D eigenvalue weighted by Gasteiger charge is -2.24. The van der Waals surface area contributed by atoms with E-state index in [1.807, 2.05) is 13.0 Å². The number of amides is 1. The number of carbonyl (C=O) groups is 1. The van der Waals surface area contributed by atoms with E-state index in [0.717, 1.165) is 9.87 Å². The van der Waals surface area contributed by atoms with Crippen LogP contribution in [-0.2, 0) is 14.8 Å². The molecule has 0 aliphatic heterocycles. The minimum absolute atomic E-state index is 0.0757. The Kier molecular flexibility index (Phi) is 7.79. The van der Waals surface area contributed by atoms with E-state index in [2.05, 4.69) is 10.5 Å². The van der Waals surface area contributed by atoms with E-state index >= 15 is 0 Å². The topological polar surface area (TPSA) is 92.0 Å². The van der Waals surface area contributed by atoms with Crippen LogP contribution < -0.4 is 9.73 Å². The molecule has 1 heterocycles. The number of nitrogens with one attached hydrogen (secondary N) is 1. The summed E-state index contributed by atoms with van der Waals surface area (Å²) in [5, 5.41) is 4.85. The number of hydrogen-bond acceptors (Lipinski definition) is 5. The van der Waals surface area contributed by atoms with E-state index < -0.39 is 22.5 Å². The molecule has 1 N–H and O–H groups in total. The third kappa shape index (κ3) is 5.96. The average molecular weight is 542 g/mol. The second kappa shape index (κ2) is 11.0. The number of halogens is 2. The molecule has 0 unspecified atom stereocenters. The summed E-state index contributed by atoms with van der Waals surface area (Å²) in [5.74, 6) is 0.243. The van der Waals surface area contributed by atoms with Crippen molar-refractivity contribution in [1.82, 2.24) is 5.43 Å². The highest BCUT2D eigenvalue weighted by Gasteiger charge is 2.27. The smallest absolute Gasteiger partial charge is 0.264 e. The summed E-state index contributed by atoms with van der Waals surface area (Å²) < 4.78 is 33.4. The normalized spacial score (nSPS) is 11.5. The summed E-state index contributed by atoms with van der Waals surface area (Å²) in [5.41, 5.74) is 4.24. The molecule has 0 aliphatic carbocycles. The number of sulfonamides is 1. The van der Waals surface area contributed by atoms with Gasteiger partial charge in [-0.05, 0) is 67.1 Å². The first kappa shape index (κ1) is 25.5. The van der Waals surface area contributed by atoms with E-state index in [4.69, 9.17) is 27.6 Å². The minimum atomic E-state index is -4.00. The van der Waals surface area contributed by atoms with Crippen molar-refractivity contribution in [2.24, 2.45) is 5.10 Å². The van der Waals surface area contributed by atoms with Crippen LogP contribution in [0.1, 0.15) is 11.3 Å². The summed E-state index contributed by atoms with van der Waals surface area (Å²) in [7, 11) is -4.00. The van der Waals surface area contributed by atoms with Gasteiger partial charge in [0.1, 0.15) is 18.1 Å². The number of hydrogen-bond donors (Lipinski definition) is 1. The van der Waals surface area contributed by atoms with Gasteiger partial charge in [0.2, 0.25) is 0 Å². The molecule has 10 heteroatoms. The zero-order chi connectivity index (χ0) is 25.7. The van der Waals surface area contributed by atoms with Crippen molar-refractivity contribution in [3.8, 4) is 11.3 Å². The Bertz CT molecular complexity index is 1520. The van der Waals surface area contributed by atoms with Gasteiger partial charge in [-0.3, -0.25) is 9.10 Å². The summed E-state index contributed by atoms with van der Waals surface area (Å²) in [6.07, 6.45) is 1.31. The molecule has 0 aliphatic rings. The number of rotatable bonds is 8. The largest absolute Gasteiger partial charge is 0.455 e. The van der Waals surface area contributed by atoms with Gasteiger partial charge in [-0.25, -0.2) is 13.8 Å². The Balaban J connectivity index is 1.50. The van der Waals surface area contributed by atoms with Gasteiger partial charge in [0.15, 0.2) is 0 Å². The highest BCUT2D eigenvalue weighted by atomic mass is 35.5. The molecule has 36 heavy (non-hydrogen) atoms. The Morgan fingerprint density at radius 1 is 1.00 bits per heavy atom. The van der Waals surface area contributed by atoms with E-state index in [9.17, 15) is 13.2 Å². The molecule has 0 atom stereocenters. The van der Waals surface area contributed by atoms with E-state index in [0.29, 0.717) is 32.8 Å². The monoisotopic (exact) mass is 541 g/mol. The van der Waals surface area contributed by atoms with Crippen LogP contribution in [-0.4, -0.2) is 27.1 Å². The summed E-state index contributed by atoms with van der Waals surface area (Å²) in [6, 6.07) is 23.3. The van der Waals surface area contributed by atoms with E-state index in [1.165, 1.54) is 18.3 Å². The lowest BCUT2D eigenvalue weighted by Crippen LogP contribution is -2.39. The minimum Gasteiger partial charge on any atom is -0.455 e. The molecular weight excluding hydrogens is 521 g/mol. The highest BCUT2D eigenvalue weighted by Crippen LogP contribution is 2.31. The third-order valence-electron chi connectivity index (χ3n) is 5.11. The predicted octanol–water partition coefficient (Wildman–Crippen LogP) is 5.91. The summed E-state index contributed by atoms with van der Waals surface area (Å²) in [4.78, 5) is 12.8. The average Bonchev–Trinajstić information content (AvgIpc) is 3.31. The first-order valence-electron chi connectivity index (χ1n) is 10.8. The lowest BCUT2D eigenvalue weighted by atomic mass is 10.2. The molecule has 0 radical (unpaired) electrons. The van der Waals surface area contributed by atoms with Crippen LogP contribution in [0.2, 0.25) is 10.0 Å². The standard InChI is InChI=1S/C26H21Cl2N3O4S/c1-18-6-5-7-20(14-18)31(36(33,34)22-8-3-2-4-9-22)17-26(32)30-29-16-21-11-13-25(35-21)23-12-10-19(27)15-24(23)28/h2-16H,17H2,1H3,(H,30,32)/b29-16-. The van der Waals surface area contributed by atoms with E-state index in [-0.39, 0.29) is 4.90 Å². The Labute approximate surface area is 219 Å². The van der Waals surface area contributed by atoms with Crippen LogP contribution >= 0.6 is 23.2 Å². The van der Waals surface area contributed by atoms with Gasteiger partial charge >= 0.3 is 0 Å². The van der Waals surface area contributed by atoms with Crippen molar-refractivity contribution in [3.05, 3.63) is 106 Å². The molecule has 0 saturated carbocycles. The number of benzene rings is 3. The van der Waals surface area contributed by atoms with Crippen LogP contribution in [0.15, 0.2) is 99.3 Å². The number of anilines is 1. The zero-order valence-electron chi connectivity index (χ0n) is 19.1.